The molecule has 2 aromatic rings. The fraction of sp³-hybridized carbons (Fsp3) is 0.542. The number of morpholine rings is 1. The maximum atomic E-state index is 12.9. The van der Waals surface area contributed by atoms with E-state index in [4.69, 9.17) is 4.74 Å². The van der Waals surface area contributed by atoms with Crippen molar-refractivity contribution in [2.24, 2.45) is 7.05 Å². The summed E-state index contributed by atoms with van der Waals surface area (Å²) in [5, 5.41) is 6.86. The summed E-state index contributed by atoms with van der Waals surface area (Å²) in [5.41, 5.74) is 1.31. The molecule has 2 amide bonds. The van der Waals surface area contributed by atoms with Gasteiger partial charge in [0.15, 0.2) is 5.16 Å². The predicted octanol–water partition coefficient (Wildman–Crippen LogP) is 2.92. The number of anilines is 1. The number of imidazole rings is 1. The van der Waals surface area contributed by atoms with Crippen molar-refractivity contribution in [3.8, 4) is 0 Å². The largest absolute Gasteiger partial charge is 0.379 e. The number of thioether (sulfide) groups is 1. The quantitative estimate of drug-likeness (QED) is 0.576. The van der Waals surface area contributed by atoms with E-state index in [2.05, 4.69) is 20.5 Å². The van der Waals surface area contributed by atoms with E-state index in [-0.39, 0.29) is 23.1 Å². The number of amides is 2. The average Bonchev–Trinajstić information content (AvgIpc) is 3.27. The highest BCUT2D eigenvalue weighted by atomic mass is 32.2. The average molecular weight is 472 g/mol. The molecule has 0 unspecified atom stereocenters. The Balaban J connectivity index is 1.29. The molecule has 2 N–H and O–H groups in total. The van der Waals surface area contributed by atoms with Gasteiger partial charge in [0.25, 0.3) is 5.91 Å². The number of aromatic nitrogens is 2. The maximum absolute atomic E-state index is 12.9. The Morgan fingerprint density at radius 2 is 1.85 bits per heavy atom. The summed E-state index contributed by atoms with van der Waals surface area (Å²) in [6, 6.07) is 7.07. The highest BCUT2D eigenvalue weighted by Crippen LogP contribution is 2.34. The Morgan fingerprint density at radius 1 is 1.12 bits per heavy atom. The van der Waals surface area contributed by atoms with Crippen LogP contribution in [0.25, 0.3) is 0 Å². The predicted molar refractivity (Wildman–Crippen MR) is 130 cm³/mol. The normalized spacial score (nSPS) is 18.6. The Kier molecular flexibility index (Phi) is 8.06. The first-order valence-corrected chi connectivity index (χ1v) is 12.7. The number of hydrogen-bond donors (Lipinski definition) is 2. The molecule has 0 radical (unpaired) electrons. The van der Waals surface area contributed by atoms with Crippen LogP contribution < -0.4 is 10.6 Å². The van der Waals surface area contributed by atoms with Crippen LogP contribution in [-0.2, 0) is 16.6 Å². The van der Waals surface area contributed by atoms with Crippen LogP contribution in [0.4, 0.5) is 5.69 Å². The molecule has 0 bridgehead atoms. The molecular formula is C24H33N5O3S. The zero-order valence-electron chi connectivity index (χ0n) is 19.2. The first-order chi connectivity index (χ1) is 16.1. The van der Waals surface area contributed by atoms with E-state index in [0.29, 0.717) is 17.8 Å². The highest BCUT2D eigenvalue weighted by Gasteiger charge is 2.38. The number of aryl methyl sites for hydroxylation is 1. The summed E-state index contributed by atoms with van der Waals surface area (Å²) in [6.45, 7) is 4.06. The van der Waals surface area contributed by atoms with Gasteiger partial charge in [0.2, 0.25) is 5.91 Å². The van der Waals surface area contributed by atoms with Crippen molar-refractivity contribution in [2.75, 3.05) is 43.9 Å². The molecule has 9 heteroatoms. The second kappa shape index (κ2) is 11.2. The smallest absolute Gasteiger partial charge is 0.251 e. The van der Waals surface area contributed by atoms with Crippen LogP contribution in [0.1, 0.15) is 42.5 Å². The second-order valence-corrected chi connectivity index (χ2v) is 9.74. The molecule has 2 heterocycles. The Labute approximate surface area is 199 Å². The van der Waals surface area contributed by atoms with Crippen LogP contribution in [0.3, 0.4) is 0 Å². The summed E-state index contributed by atoms with van der Waals surface area (Å²) in [5.74, 6) is 0.0952. The van der Waals surface area contributed by atoms with Crippen molar-refractivity contribution >= 4 is 29.3 Å². The third kappa shape index (κ3) is 6.16. The standard InChI is InChI=1S/C24H33N5O3S/c1-28-12-11-25-23(28)33-17-21(30)27-20-7-5-19(6-8-20)22(31)26-18-24(9-3-2-4-10-24)29-13-15-32-16-14-29/h5-8,11-12H,2-4,9-10,13-18H2,1H3,(H,26,31)(H,27,30). The summed E-state index contributed by atoms with van der Waals surface area (Å²) < 4.78 is 7.42. The van der Waals surface area contributed by atoms with Gasteiger partial charge >= 0.3 is 0 Å². The van der Waals surface area contributed by atoms with Gasteiger partial charge in [-0.1, -0.05) is 31.0 Å². The minimum Gasteiger partial charge on any atom is -0.379 e. The van der Waals surface area contributed by atoms with Crippen molar-refractivity contribution in [3.05, 3.63) is 42.2 Å². The third-order valence-electron chi connectivity index (χ3n) is 6.58. The Hall–Kier alpha value is -2.36. The van der Waals surface area contributed by atoms with E-state index in [1.807, 2.05) is 17.8 Å². The lowest BCUT2D eigenvalue weighted by atomic mass is 9.79. The van der Waals surface area contributed by atoms with Crippen molar-refractivity contribution in [1.29, 1.82) is 0 Å². The van der Waals surface area contributed by atoms with Gasteiger partial charge in [0.05, 0.1) is 19.0 Å². The zero-order chi connectivity index (χ0) is 23.1. The van der Waals surface area contributed by atoms with Gasteiger partial charge in [-0.25, -0.2) is 4.98 Å². The fourth-order valence-electron chi connectivity index (χ4n) is 4.72. The molecule has 1 aliphatic heterocycles. The molecule has 1 aliphatic carbocycles. The topological polar surface area (TPSA) is 88.5 Å². The third-order valence-corrected chi connectivity index (χ3v) is 7.64. The molecule has 4 rings (SSSR count). The number of ether oxygens (including phenoxy) is 1. The first kappa shape index (κ1) is 23.8. The molecule has 8 nitrogen and oxygen atoms in total. The van der Waals surface area contributed by atoms with Crippen molar-refractivity contribution < 1.29 is 14.3 Å². The van der Waals surface area contributed by atoms with Gasteiger partial charge in [-0.3, -0.25) is 14.5 Å². The van der Waals surface area contributed by atoms with Crippen LogP contribution in [0.2, 0.25) is 0 Å². The molecule has 1 saturated heterocycles. The molecule has 0 spiro atoms. The number of nitrogens with one attached hydrogen (secondary N) is 2. The van der Waals surface area contributed by atoms with Crippen molar-refractivity contribution in [1.82, 2.24) is 19.8 Å². The molecule has 178 valence electrons. The van der Waals surface area contributed by atoms with Gasteiger partial charge < -0.3 is 19.9 Å². The van der Waals surface area contributed by atoms with Gasteiger partial charge in [0, 0.05) is 55.9 Å². The van der Waals surface area contributed by atoms with Crippen LogP contribution in [0, 0.1) is 0 Å². The van der Waals surface area contributed by atoms with Crippen LogP contribution in [-0.4, -0.2) is 70.4 Å². The van der Waals surface area contributed by atoms with Gasteiger partial charge in [-0.05, 0) is 37.1 Å². The first-order valence-electron chi connectivity index (χ1n) is 11.7. The lowest BCUT2D eigenvalue weighted by Gasteiger charge is -2.48. The van der Waals surface area contributed by atoms with E-state index in [0.717, 1.165) is 44.3 Å². The maximum Gasteiger partial charge on any atom is 0.251 e. The molecule has 1 saturated carbocycles. The summed E-state index contributed by atoms with van der Waals surface area (Å²) >= 11 is 1.38. The van der Waals surface area contributed by atoms with Crippen molar-refractivity contribution in [3.63, 3.8) is 0 Å². The molecule has 33 heavy (non-hydrogen) atoms. The lowest BCUT2D eigenvalue weighted by molar-refractivity contribution is -0.113. The van der Waals surface area contributed by atoms with Crippen LogP contribution in [0.15, 0.2) is 41.8 Å². The number of carbonyl (C=O) groups is 2. The number of nitrogens with zero attached hydrogens (tertiary/aromatic N) is 3. The Morgan fingerprint density at radius 3 is 2.52 bits per heavy atom. The molecule has 2 aliphatic rings. The molecule has 1 aromatic carbocycles. The Bertz CT molecular complexity index is 934. The van der Waals surface area contributed by atoms with Gasteiger partial charge in [-0.15, -0.1) is 0 Å². The van der Waals surface area contributed by atoms with Gasteiger partial charge in [-0.2, -0.15) is 0 Å². The minimum absolute atomic E-state index is 0.0382. The summed E-state index contributed by atoms with van der Waals surface area (Å²) in [6.07, 6.45) is 9.48. The summed E-state index contributed by atoms with van der Waals surface area (Å²) in [7, 11) is 1.90. The fourth-order valence-corrected chi connectivity index (χ4v) is 5.45. The van der Waals surface area contributed by atoms with E-state index in [1.165, 1.54) is 31.0 Å². The zero-order valence-corrected chi connectivity index (χ0v) is 20.0. The number of hydrogen-bond acceptors (Lipinski definition) is 6. The lowest BCUT2D eigenvalue weighted by Crippen LogP contribution is -2.59. The second-order valence-electron chi connectivity index (χ2n) is 8.80. The van der Waals surface area contributed by atoms with E-state index in [1.54, 1.807) is 30.5 Å². The molecular weight excluding hydrogens is 438 g/mol. The molecule has 1 aromatic heterocycles. The number of rotatable bonds is 8. The monoisotopic (exact) mass is 471 g/mol. The number of benzene rings is 1. The SMILES string of the molecule is Cn1ccnc1SCC(=O)Nc1ccc(C(=O)NCC2(N3CCOCC3)CCCCC2)cc1. The summed E-state index contributed by atoms with van der Waals surface area (Å²) in [4.78, 5) is 31.8. The van der Waals surface area contributed by atoms with Crippen LogP contribution >= 0.6 is 11.8 Å². The molecule has 0 atom stereocenters. The van der Waals surface area contributed by atoms with E-state index < -0.39 is 0 Å². The van der Waals surface area contributed by atoms with E-state index in [9.17, 15) is 9.59 Å². The van der Waals surface area contributed by atoms with Crippen LogP contribution in [0.5, 0.6) is 0 Å². The minimum atomic E-state index is -0.107. The van der Waals surface area contributed by atoms with Crippen molar-refractivity contribution in [2.45, 2.75) is 42.8 Å². The van der Waals surface area contributed by atoms with E-state index >= 15 is 0 Å². The molecule has 2 fully saturated rings. The number of carbonyl (C=O) groups excluding carboxylic acids is 2. The van der Waals surface area contributed by atoms with Gasteiger partial charge in [0.1, 0.15) is 0 Å². The highest BCUT2D eigenvalue weighted by molar-refractivity contribution is 7.99.